The maximum Gasteiger partial charge on any atom is 0.276 e. The highest BCUT2D eigenvalue weighted by molar-refractivity contribution is 7.99. The van der Waals surface area contributed by atoms with E-state index in [1.54, 1.807) is 13.2 Å². The van der Waals surface area contributed by atoms with E-state index in [9.17, 15) is 0 Å². The molecule has 0 aliphatic heterocycles. The van der Waals surface area contributed by atoms with Gasteiger partial charge in [0.2, 0.25) is 0 Å². The van der Waals surface area contributed by atoms with Gasteiger partial charge >= 0.3 is 0 Å². The van der Waals surface area contributed by atoms with Crippen LogP contribution in [0.15, 0.2) is 33.9 Å². The van der Waals surface area contributed by atoms with Crippen molar-refractivity contribution in [3.05, 3.63) is 30.2 Å². The topological polar surface area (TPSA) is 88.2 Å². The summed E-state index contributed by atoms with van der Waals surface area (Å²) in [4.78, 5) is 12.8. The number of rotatable bonds is 7. The molecule has 0 aliphatic rings. The summed E-state index contributed by atoms with van der Waals surface area (Å²) in [7, 11) is 1.76. The average Bonchev–Trinajstić information content (AvgIpc) is 3.07. The Balaban J connectivity index is 1.80. The smallest absolute Gasteiger partial charge is 0.276 e. The lowest BCUT2D eigenvalue weighted by molar-refractivity contribution is 0.421. The van der Waals surface area contributed by atoms with Gasteiger partial charge < -0.3 is 15.2 Å². The van der Waals surface area contributed by atoms with Crippen molar-refractivity contribution < 1.29 is 4.52 Å². The minimum atomic E-state index is 0.156. The highest BCUT2D eigenvalue weighted by Crippen LogP contribution is 2.19. The highest BCUT2D eigenvalue weighted by Gasteiger charge is 2.16. The van der Waals surface area contributed by atoms with Crippen LogP contribution in [0.4, 0.5) is 0 Å². The number of hydrogen-bond donors (Lipinski definition) is 2. The Morgan fingerprint density at radius 2 is 2.17 bits per heavy atom. The lowest BCUT2D eigenvalue weighted by Gasteiger charge is -2.23. The summed E-state index contributed by atoms with van der Waals surface area (Å²) in [5.41, 5.74) is 0.681. The molecule has 24 heavy (non-hydrogen) atoms. The molecule has 2 rings (SSSR count). The molecule has 0 saturated heterocycles. The van der Waals surface area contributed by atoms with Gasteiger partial charge in [0.25, 0.3) is 5.89 Å². The molecule has 0 fully saturated rings. The summed E-state index contributed by atoms with van der Waals surface area (Å²) in [6.45, 7) is 5.88. The number of guanidine groups is 1. The van der Waals surface area contributed by atoms with Gasteiger partial charge in [0, 0.05) is 37.5 Å². The van der Waals surface area contributed by atoms with Crippen LogP contribution in [0.3, 0.4) is 0 Å². The van der Waals surface area contributed by atoms with Gasteiger partial charge in [-0.1, -0.05) is 11.2 Å². The fraction of sp³-hybridized carbons (Fsp3) is 0.500. The van der Waals surface area contributed by atoms with Gasteiger partial charge in [0.1, 0.15) is 5.69 Å². The minimum absolute atomic E-state index is 0.156. The first kappa shape index (κ1) is 18.3. The van der Waals surface area contributed by atoms with Gasteiger partial charge in [0.15, 0.2) is 11.8 Å². The number of thioether (sulfide) groups is 1. The standard InChI is InChI=1S/C16H24N6OS/c1-16(2,24-4)11-20-15(17-3)19-10-8-13-21-14(23-22-13)12-7-5-6-9-18-12/h5-7,9H,8,10-11H2,1-4H3,(H2,17,19,20). The maximum atomic E-state index is 5.24. The molecule has 0 bridgehead atoms. The number of aromatic nitrogens is 3. The van der Waals surface area contributed by atoms with Crippen molar-refractivity contribution in [2.45, 2.75) is 25.0 Å². The van der Waals surface area contributed by atoms with Gasteiger partial charge in [0.05, 0.1) is 0 Å². The van der Waals surface area contributed by atoms with E-state index >= 15 is 0 Å². The molecule has 0 amide bonds. The summed E-state index contributed by atoms with van der Waals surface area (Å²) in [5.74, 6) is 1.85. The summed E-state index contributed by atoms with van der Waals surface area (Å²) < 4.78 is 5.40. The predicted octanol–water partition coefficient (Wildman–Crippen LogP) is 1.98. The van der Waals surface area contributed by atoms with E-state index in [0.717, 1.165) is 12.5 Å². The van der Waals surface area contributed by atoms with Crippen molar-refractivity contribution in [3.63, 3.8) is 0 Å². The Labute approximate surface area is 146 Å². The van der Waals surface area contributed by atoms with E-state index in [4.69, 9.17) is 4.52 Å². The van der Waals surface area contributed by atoms with Crippen LogP contribution in [0.25, 0.3) is 11.6 Å². The summed E-state index contributed by atoms with van der Waals surface area (Å²) >= 11 is 1.82. The van der Waals surface area contributed by atoms with Crippen LogP contribution < -0.4 is 10.6 Å². The number of aliphatic imine (C=N–C) groups is 1. The van der Waals surface area contributed by atoms with Crippen molar-refractivity contribution in [2.75, 3.05) is 26.4 Å². The van der Waals surface area contributed by atoms with E-state index in [0.29, 0.717) is 30.4 Å². The second-order valence-corrected chi connectivity index (χ2v) is 7.31. The van der Waals surface area contributed by atoms with Gasteiger partial charge in [-0.2, -0.15) is 16.7 Å². The number of nitrogens with one attached hydrogen (secondary N) is 2. The molecule has 0 aromatic carbocycles. The third kappa shape index (κ3) is 5.52. The number of pyridine rings is 1. The Morgan fingerprint density at radius 3 is 2.83 bits per heavy atom. The lowest BCUT2D eigenvalue weighted by Crippen LogP contribution is -2.43. The van der Waals surface area contributed by atoms with Crippen LogP contribution in [-0.2, 0) is 6.42 Å². The molecule has 2 N–H and O–H groups in total. The van der Waals surface area contributed by atoms with Crippen LogP contribution >= 0.6 is 11.8 Å². The first-order valence-corrected chi connectivity index (χ1v) is 9.00. The SMILES string of the molecule is CN=C(NCCc1noc(-c2ccccn2)n1)NCC(C)(C)SC. The molecule has 2 aromatic rings. The molecule has 7 nitrogen and oxygen atoms in total. The van der Waals surface area contributed by atoms with E-state index in [1.165, 1.54) is 0 Å². The summed E-state index contributed by atoms with van der Waals surface area (Å²) in [6.07, 6.45) is 4.45. The first-order chi connectivity index (χ1) is 11.5. The molecular formula is C16H24N6OS. The Kier molecular flexibility index (Phi) is 6.60. The van der Waals surface area contributed by atoms with E-state index in [-0.39, 0.29) is 4.75 Å². The molecule has 0 spiro atoms. The minimum Gasteiger partial charge on any atom is -0.356 e. The van der Waals surface area contributed by atoms with Gasteiger partial charge in [-0.25, -0.2) is 0 Å². The molecule has 8 heteroatoms. The normalized spacial score (nSPS) is 12.2. The quantitative estimate of drug-likeness (QED) is 0.584. The average molecular weight is 348 g/mol. The number of nitrogens with zero attached hydrogens (tertiary/aromatic N) is 4. The van der Waals surface area contributed by atoms with Crippen LogP contribution in [0.2, 0.25) is 0 Å². The van der Waals surface area contributed by atoms with Gasteiger partial charge in [-0.05, 0) is 32.2 Å². The van der Waals surface area contributed by atoms with Crippen LogP contribution in [-0.4, -0.2) is 52.2 Å². The zero-order valence-corrected chi connectivity index (χ0v) is 15.4. The molecule has 0 aliphatic carbocycles. The third-order valence-electron chi connectivity index (χ3n) is 3.45. The Morgan fingerprint density at radius 1 is 1.33 bits per heavy atom. The predicted molar refractivity (Wildman–Crippen MR) is 98.2 cm³/mol. The maximum absolute atomic E-state index is 5.24. The van der Waals surface area contributed by atoms with Gasteiger partial charge in [-0.3, -0.25) is 9.98 Å². The molecule has 2 heterocycles. The lowest BCUT2D eigenvalue weighted by atomic mass is 10.2. The van der Waals surface area contributed by atoms with E-state index in [1.807, 2.05) is 30.0 Å². The molecule has 2 aromatic heterocycles. The van der Waals surface area contributed by atoms with Crippen molar-refractivity contribution in [3.8, 4) is 11.6 Å². The monoisotopic (exact) mass is 348 g/mol. The van der Waals surface area contributed by atoms with E-state index < -0.39 is 0 Å². The first-order valence-electron chi connectivity index (χ1n) is 7.78. The van der Waals surface area contributed by atoms with Crippen molar-refractivity contribution >= 4 is 17.7 Å². The molecule has 0 saturated carbocycles. The summed E-state index contributed by atoms with van der Waals surface area (Å²) in [6, 6.07) is 5.58. The largest absolute Gasteiger partial charge is 0.356 e. The second-order valence-electron chi connectivity index (χ2n) is 5.80. The van der Waals surface area contributed by atoms with Crippen molar-refractivity contribution in [1.29, 1.82) is 0 Å². The van der Waals surface area contributed by atoms with Crippen molar-refractivity contribution in [2.24, 2.45) is 4.99 Å². The van der Waals surface area contributed by atoms with Gasteiger partial charge in [-0.15, -0.1) is 0 Å². The van der Waals surface area contributed by atoms with Crippen LogP contribution in [0, 0.1) is 0 Å². The molecule has 0 unspecified atom stereocenters. The van der Waals surface area contributed by atoms with Crippen LogP contribution in [0.1, 0.15) is 19.7 Å². The Hall–Kier alpha value is -2.09. The van der Waals surface area contributed by atoms with Crippen molar-refractivity contribution in [1.82, 2.24) is 25.8 Å². The molecule has 130 valence electrons. The zero-order chi connectivity index (χ0) is 17.4. The molecule has 0 radical (unpaired) electrons. The second kappa shape index (κ2) is 8.68. The fourth-order valence-electron chi connectivity index (χ4n) is 1.83. The zero-order valence-electron chi connectivity index (χ0n) is 14.5. The molecule has 0 atom stereocenters. The fourth-order valence-corrected chi connectivity index (χ4v) is 2.05. The summed E-state index contributed by atoms with van der Waals surface area (Å²) in [5, 5.41) is 10.6. The molecular weight excluding hydrogens is 324 g/mol. The Bertz CT molecular complexity index is 656. The number of hydrogen-bond acceptors (Lipinski definition) is 6. The van der Waals surface area contributed by atoms with Crippen LogP contribution in [0.5, 0.6) is 0 Å². The van der Waals surface area contributed by atoms with E-state index in [2.05, 4.69) is 50.9 Å². The third-order valence-corrected chi connectivity index (χ3v) is 4.70. The highest BCUT2D eigenvalue weighted by atomic mass is 32.2.